The summed E-state index contributed by atoms with van der Waals surface area (Å²) in [6.07, 6.45) is 111. The minimum absolute atomic E-state index is 0.638. The molecule has 0 spiro atoms. The van der Waals surface area contributed by atoms with Gasteiger partial charge in [-0.15, -0.1) is 20.4 Å². The van der Waals surface area contributed by atoms with E-state index in [1.54, 1.807) is 22.7 Å². The molecular formula is C118H206N4O6S2. The molecule has 0 aliphatic heterocycles. The fraction of sp³-hybridized carbons (Fsp3) is 0.814. The van der Waals surface area contributed by atoms with Gasteiger partial charge in [0.25, 0.3) is 0 Å². The summed E-state index contributed by atoms with van der Waals surface area (Å²) >= 11 is 3.23. The van der Waals surface area contributed by atoms with Crippen LogP contribution in [0.1, 0.15) is 581 Å². The molecular weight excluding hydrogens is 1630 g/mol. The van der Waals surface area contributed by atoms with E-state index in [0.717, 1.165) is 115 Å². The van der Waals surface area contributed by atoms with E-state index in [4.69, 9.17) is 48.8 Å². The molecule has 0 saturated carbocycles. The van der Waals surface area contributed by atoms with Gasteiger partial charge >= 0.3 is 0 Å². The van der Waals surface area contributed by atoms with Gasteiger partial charge < -0.3 is 28.4 Å². The topological polar surface area (TPSA) is 107 Å². The van der Waals surface area contributed by atoms with Crippen molar-refractivity contribution < 1.29 is 28.4 Å². The Bertz CT molecular complexity index is 2940. The van der Waals surface area contributed by atoms with Crippen molar-refractivity contribution in [2.45, 2.75) is 581 Å². The van der Waals surface area contributed by atoms with Gasteiger partial charge in [0.2, 0.25) is 11.5 Å². The summed E-state index contributed by atoms with van der Waals surface area (Å²) in [7, 11) is 0. The van der Waals surface area contributed by atoms with Crippen LogP contribution in [0.25, 0.3) is 42.3 Å². The molecule has 746 valence electrons. The van der Waals surface area contributed by atoms with E-state index < -0.39 is 0 Å². The molecule has 0 N–H and O–H groups in total. The van der Waals surface area contributed by atoms with Crippen LogP contribution in [-0.4, -0.2) is 60.0 Å². The Balaban J connectivity index is 1.37. The number of ether oxygens (including phenoxy) is 6. The van der Waals surface area contributed by atoms with Crippen LogP contribution in [0.4, 0.5) is 0 Å². The lowest BCUT2D eigenvalue weighted by atomic mass is 10.0. The SMILES string of the molecule is CCCCCCCCCCCCCCCCOc1cc(-c2nnc(-c3cccc(-c4nnc(-c5cc(OCCCCCCCCCCCCCCCC)c(OCCCCCCCCCCCCCCCC)c(OCCCCCCCCCCCCCCCC)c5)s4)c3)s2)cc(OCCCCCCCCCCCCCCCC)c1OCCCCCCCCCCCCCCCC. The summed E-state index contributed by atoms with van der Waals surface area (Å²) in [6, 6.07) is 17.3. The summed E-state index contributed by atoms with van der Waals surface area (Å²) in [5.74, 6) is 4.53. The van der Waals surface area contributed by atoms with Crippen molar-refractivity contribution in [1.82, 2.24) is 20.4 Å². The van der Waals surface area contributed by atoms with Gasteiger partial charge in [0, 0.05) is 22.3 Å². The number of hydrogen-bond donors (Lipinski definition) is 0. The molecule has 3 aromatic carbocycles. The maximum atomic E-state index is 6.94. The smallest absolute Gasteiger partial charge is 0.203 e. The van der Waals surface area contributed by atoms with Crippen molar-refractivity contribution in [2.75, 3.05) is 39.6 Å². The highest BCUT2D eigenvalue weighted by atomic mass is 32.1. The molecule has 0 saturated heterocycles. The molecule has 5 rings (SSSR count). The largest absolute Gasteiger partial charge is 0.490 e. The van der Waals surface area contributed by atoms with Crippen molar-refractivity contribution in [3.05, 3.63) is 48.5 Å². The zero-order valence-corrected chi connectivity index (χ0v) is 87.9. The van der Waals surface area contributed by atoms with Crippen LogP contribution in [-0.2, 0) is 0 Å². The van der Waals surface area contributed by atoms with Gasteiger partial charge in [0.15, 0.2) is 23.0 Å². The number of nitrogens with zero attached hydrogens (tertiary/aromatic N) is 4. The third-order valence-electron chi connectivity index (χ3n) is 27.3. The number of benzene rings is 3. The van der Waals surface area contributed by atoms with E-state index in [2.05, 4.69) is 90.1 Å². The molecule has 0 aliphatic carbocycles. The summed E-state index contributed by atoms with van der Waals surface area (Å²) in [4.78, 5) is 0. The van der Waals surface area contributed by atoms with Crippen LogP contribution in [0.5, 0.6) is 34.5 Å². The lowest BCUT2D eigenvalue weighted by Crippen LogP contribution is -2.06. The molecule has 12 heteroatoms. The zero-order chi connectivity index (χ0) is 91.9. The van der Waals surface area contributed by atoms with Gasteiger partial charge in [-0.1, -0.05) is 583 Å². The van der Waals surface area contributed by atoms with E-state index in [1.165, 1.54) is 501 Å². The van der Waals surface area contributed by atoms with Crippen LogP contribution in [0.3, 0.4) is 0 Å². The lowest BCUT2D eigenvalue weighted by Gasteiger charge is -2.18. The van der Waals surface area contributed by atoms with E-state index in [-0.39, 0.29) is 0 Å². The molecule has 0 atom stereocenters. The van der Waals surface area contributed by atoms with Gasteiger partial charge in [-0.3, -0.25) is 0 Å². The molecule has 2 heterocycles. The quantitative estimate of drug-likeness (QED) is 0.0349. The molecule has 0 radical (unpaired) electrons. The van der Waals surface area contributed by atoms with Crippen LogP contribution < -0.4 is 28.4 Å². The third-order valence-corrected chi connectivity index (χ3v) is 29.3. The van der Waals surface area contributed by atoms with Crippen LogP contribution in [0.2, 0.25) is 0 Å². The molecule has 0 amide bonds. The molecule has 0 unspecified atom stereocenters. The molecule has 2 aromatic heterocycles. The predicted octanol–water partition coefficient (Wildman–Crippen LogP) is 41.2. The van der Waals surface area contributed by atoms with Crippen LogP contribution >= 0.6 is 22.7 Å². The fourth-order valence-electron chi connectivity index (χ4n) is 18.7. The Kier molecular flexibility index (Phi) is 78.0. The summed E-state index contributed by atoms with van der Waals surface area (Å²) in [5, 5.41) is 23.2. The number of aromatic nitrogens is 4. The maximum absolute atomic E-state index is 6.94. The first kappa shape index (κ1) is 116. The molecule has 10 nitrogen and oxygen atoms in total. The zero-order valence-electron chi connectivity index (χ0n) is 86.3. The van der Waals surface area contributed by atoms with E-state index in [9.17, 15) is 0 Å². The standard InChI is InChI=1S/C118H206N4O6S2/c1-7-13-19-25-31-37-43-49-55-61-67-73-79-85-94-123-109-101-107(102-110(124-95-86-80-74-68-62-56-50-44-38-32-26-20-14-8-2)113(109)127-98-89-83-77-71-65-59-53-47-41-35-29-23-17-11-5)117-121-119-115(129-117)105-92-91-93-106(100-105)116-120-122-118(130-116)108-103-111(125-96-87-81-75-69-63-57-51-45-39-33-27-21-15-9-3)114(128-99-90-84-78-72-66-60-54-48-42-36-30-24-18-12-6)112(104-108)126-97-88-82-76-70-64-58-52-46-40-34-28-22-16-10-4/h91-93,100-104H,7-90,94-99H2,1-6H3. The Labute approximate surface area is 811 Å². The summed E-state index contributed by atoms with van der Waals surface area (Å²) in [5.41, 5.74) is 3.88. The number of unbranched alkanes of at least 4 members (excludes halogenated alkanes) is 78. The van der Waals surface area contributed by atoms with E-state index >= 15 is 0 Å². The highest BCUT2D eigenvalue weighted by Gasteiger charge is 2.23. The Morgan fingerprint density at radius 1 is 0.162 bits per heavy atom. The first-order valence-corrected chi connectivity index (χ1v) is 59.1. The Hall–Kier alpha value is -4.42. The lowest BCUT2D eigenvalue weighted by molar-refractivity contribution is 0.234. The normalized spacial score (nSPS) is 11.6. The van der Waals surface area contributed by atoms with Crippen molar-refractivity contribution >= 4 is 22.7 Å². The summed E-state index contributed by atoms with van der Waals surface area (Å²) < 4.78 is 41.6. The number of rotatable bonds is 100. The molecule has 0 fully saturated rings. The van der Waals surface area contributed by atoms with Crippen LogP contribution in [0, 0.1) is 0 Å². The average molecular weight is 1840 g/mol. The highest BCUT2D eigenvalue weighted by molar-refractivity contribution is 7.18. The minimum Gasteiger partial charge on any atom is -0.490 e. The average Bonchev–Trinajstić information content (AvgIpc) is 1.51. The van der Waals surface area contributed by atoms with Gasteiger partial charge in [0.1, 0.15) is 20.0 Å². The third kappa shape index (κ3) is 61.6. The second kappa shape index (κ2) is 87.4. The van der Waals surface area contributed by atoms with Crippen molar-refractivity contribution in [1.29, 1.82) is 0 Å². The second-order valence-electron chi connectivity index (χ2n) is 39.7. The van der Waals surface area contributed by atoms with E-state index in [1.807, 2.05) is 0 Å². The Morgan fingerprint density at radius 2 is 0.300 bits per heavy atom. The van der Waals surface area contributed by atoms with Crippen LogP contribution in [0.15, 0.2) is 48.5 Å². The second-order valence-corrected chi connectivity index (χ2v) is 41.6. The van der Waals surface area contributed by atoms with Gasteiger partial charge in [0.05, 0.1) is 39.6 Å². The monoisotopic (exact) mass is 1840 g/mol. The molecule has 5 aromatic rings. The van der Waals surface area contributed by atoms with Gasteiger partial charge in [-0.05, 0) is 68.9 Å². The first-order chi connectivity index (χ1) is 64.5. The van der Waals surface area contributed by atoms with Gasteiger partial charge in [-0.25, -0.2) is 0 Å². The molecule has 0 bridgehead atoms. The van der Waals surface area contributed by atoms with Crippen molar-refractivity contribution in [3.8, 4) is 76.8 Å². The predicted molar refractivity (Wildman–Crippen MR) is 570 cm³/mol. The molecule has 130 heavy (non-hydrogen) atoms. The molecule has 0 aliphatic rings. The minimum atomic E-state index is 0.638. The fourth-order valence-corrected chi connectivity index (χ4v) is 20.3. The van der Waals surface area contributed by atoms with E-state index in [0.29, 0.717) is 39.6 Å². The maximum Gasteiger partial charge on any atom is 0.203 e. The first-order valence-electron chi connectivity index (χ1n) is 57.4. The Morgan fingerprint density at radius 3 is 0.462 bits per heavy atom. The highest BCUT2D eigenvalue weighted by Crippen LogP contribution is 2.47. The van der Waals surface area contributed by atoms with Crippen molar-refractivity contribution in [2.24, 2.45) is 0 Å². The summed E-state index contributed by atoms with van der Waals surface area (Å²) in [6.45, 7) is 17.7. The van der Waals surface area contributed by atoms with Crippen molar-refractivity contribution in [3.63, 3.8) is 0 Å². The number of hydrogen-bond acceptors (Lipinski definition) is 12. The van der Waals surface area contributed by atoms with Gasteiger partial charge in [-0.2, -0.15) is 0 Å².